The molecule has 0 aliphatic heterocycles. The van der Waals surface area contributed by atoms with Gasteiger partial charge in [0.25, 0.3) is 0 Å². The molecule has 1 aromatic heterocycles. The average Bonchev–Trinajstić information content (AvgIpc) is 3.01. The highest BCUT2D eigenvalue weighted by atomic mass is 32.1. The predicted molar refractivity (Wildman–Crippen MR) is 64.3 cm³/mol. The summed E-state index contributed by atoms with van der Waals surface area (Å²) >= 11 is 1.65. The molecule has 3 heteroatoms. The predicted octanol–water partition coefficient (Wildman–Crippen LogP) is 3.52. The normalized spacial score (nSPS) is 14.4. The molecular formula is C13H10N2S. The zero-order valence-electron chi connectivity index (χ0n) is 8.68. The van der Waals surface area contributed by atoms with Crippen molar-refractivity contribution in [2.75, 3.05) is 0 Å². The summed E-state index contributed by atoms with van der Waals surface area (Å²) in [5, 5.41) is 19.7. The molecule has 2 rings (SSSR count). The van der Waals surface area contributed by atoms with Gasteiger partial charge >= 0.3 is 0 Å². The van der Waals surface area contributed by atoms with Crippen LogP contribution in [0, 0.1) is 28.6 Å². The van der Waals surface area contributed by atoms with Crippen molar-refractivity contribution in [3.63, 3.8) is 0 Å². The van der Waals surface area contributed by atoms with E-state index in [-0.39, 0.29) is 5.57 Å². The fourth-order valence-corrected chi connectivity index (χ4v) is 2.15. The Morgan fingerprint density at radius 2 is 2.12 bits per heavy atom. The summed E-state index contributed by atoms with van der Waals surface area (Å²) in [4.78, 5) is 1.15. The second-order valence-electron chi connectivity index (χ2n) is 3.68. The lowest BCUT2D eigenvalue weighted by Gasteiger charge is -1.97. The van der Waals surface area contributed by atoms with Gasteiger partial charge in [-0.1, -0.05) is 12.1 Å². The van der Waals surface area contributed by atoms with Gasteiger partial charge in [0.05, 0.1) is 0 Å². The van der Waals surface area contributed by atoms with E-state index in [1.54, 1.807) is 11.3 Å². The molecule has 0 radical (unpaired) electrons. The molecule has 1 saturated carbocycles. The fourth-order valence-electron chi connectivity index (χ4n) is 1.53. The Hall–Kier alpha value is -1.84. The third kappa shape index (κ3) is 2.39. The highest BCUT2D eigenvalue weighted by Crippen LogP contribution is 2.39. The van der Waals surface area contributed by atoms with E-state index >= 15 is 0 Å². The van der Waals surface area contributed by atoms with E-state index in [2.05, 4.69) is 0 Å². The summed E-state index contributed by atoms with van der Waals surface area (Å²) < 4.78 is 0. The number of hydrogen-bond donors (Lipinski definition) is 0. The van der Waals surface area contributed by atoms with Crippen molar-refractivity contribution in [2.24, 2.45) is 5.92 Å². The Labute approximate surface area is 98.8 Å². The van der Waals surface area contributed by atoms with Gasteiger partial charge in [-0.25, -0.2) is 0 Å². The van der Waals surface area contributed by atoms with Crippen molar-refractivity contribution in [3.8, 4) is 12.1 Å². The summed E-state index contributed by atoms with van der Waals surface area (Å²) in [7, 11) is 0. The van der Waals surface area contributed by atoms with Crippen LogP contribution < -0.4 is 0 Å². The van der Waals surface area contributed by atoms with Gasteiger partial charge in [0, 0.05) is 4.88 Å². The molecule has 1 aromatic rings. The average molecular weight is 226 g/mol. The van der Waals surface area contributed by atoms with E-state index in [1.807, 2.05) is 41.8 Å². The van der Waals surface area contributed by atoms with Gasteiger partial charge in [-0.3, -0.25) is 0 Å². The number of nitrogens with zero attached hydrogens (tertiary/aromatic N) is 2. The van der Waals surface area contributed by atoms with Crippen LogP contribution in [0.15, 0.2) is 34.7 Å². The van der Waals surface area contributed by atoms with Crippen molar-refractivity contribution < 1.29 is 0 Å². The molecule has 0 amide bonds. The standard InChI is InChI=1S/C13H10N2S/c14-8-11(9-15)13(10-3-4-10)6-5-12-2-1-7-16-12/h1-2,5-7,10H,3-4H2. The lowest BCUT2D eigenvalue weighted by atomic mass is 10.0. The van der Waals surface area contributed by atoms with Gasteiger partial charge in [0.15, 0.2) is 0 Å². The maximum Gasteiger partial charge on any atom is 0.133 e. The first-order chi connectivity index (χ1) is 7.85. The van der Waals surface area contributed by atoms with Crippen molar-refractivity contribution in [3.05, 3.63) is 39.6 Å². The third-order valence-electron chi connectivity index (χ3n) is 2.50. The highest BCUT2D eigenvalue weighted by molar-refractivity contribution is 7.10. The van der Waals surface area contributed by atoms with E-state index in [0.717, 1.165) is 23.3 Å². The molecular weight excluding hydrogens is 216 g/mol. The van der Waals surface area contributed by atoms with E-state index in [9.17, 15) is 0 Å². The van der Waals surface area contributed by atoms with Crippen LogP contribution in [0.1, 0.15) is 17.7 Å². The molecule has 0 unspecified atom stereocenters. The lowest BCUT2D eigenvalue weighted by Crippen LogP contribution is -1.87. The Morgan fingerprint density at radius 3 is 2.62 bits per heavy atom. The van der Waals surface area contributed by atoms with Gasteiger partial charge < -0.3 is 0 Å². The molecule has 0 aromatic carbocycles. The fraction of sp³-hybridized carbons (Fsp3) is 0.231. The molecule has 0 spiro atoms. The topological polar surface area (TPSA) is 47.6 Å². The summed E-state index contributed by atoms with van der Waals surface area (Å²) in [5.41, 5.74) is 1.16. The van der Waals surface area contributed by atoms with Crippen LogP contribution in [0.2, 0.25) is 0 Å². The zero-order chi connectivity index (χ0) is 11.4. The minimum absolute atomic E-state index is 0.260. The highest BCUT2D eigenvalue weighted by Gasteiger charge is 2.27. The molecule has 1 heterocycles. The first kappa shape index (κ1) is 10.7. The van der Waals surface area contributed by atoms with Crippen LogP contribution in [0.5, 0.6) is 0 Å². The van der Waals surface area contributed by atoms with Crippen molar-refractivity contribution in [1.82, 2.24) is 0 Å². The SMILES string of the molecule is N#CC(C#N)=C(C=Cc1cccs1)C1CC1. The van der Waals surface area contributed by atoms with Crippen molar-refractivity contribution in [1.29, 1.82) is 10.5 Å². The smallest absolute Gasteiger partial charge is 0.133 e. The monoisotopic (exact) mass is 226 g/mol. The Kier molecular flexibility index (Phi) is 3.19. The first-order valence-corrected chi connectivity index (χ1v) is 5.99. The Morgan fingerprint density at radius 1 is 1.38 bits per heavy atom. The Bertz CT molecular complexity index is 489. The molecule has 78 valence electrons. The van der Waals surface area contributed by atoms with Gasteiger partial charge in [0.2, 0.25) is 0 Å². The van der Waals surface area contributed by atoms with Gasteiger partial charge in [-0.05, 0) is 41.9 Å². The number of hydrogen-bond acceptors (Lipinski definition) is 3. The molecule has 0 saturated heterocycles. The minimum Gasteiger partial charge on any atom is -0.192 e. The number of nitriles is 2. The van der Waals surface area contributed by atoms with Crippen molar-refractivity contribution in [2.45, 2.75) is 12.8 Å². The molecule has 0 bridgehead atoms. The second-order valence-corrected chi connectivity index (χ2v) is 4.66. The molecule has 16 heavy (non-hydrogen) atoms. The largest absolute Gasteiger partial charge is 0.192 e. The van der Waals surface area contributed by atoms with Crippen LogP contribution in [0.25, 0.3) is 6.08 Å². The van der Waals surface area contributed by atoms with E-state index in [0.29, 0.717) is 5.92 Å². The molecule has 0 atom stereocenters. The van der Waals surface area contributed by atoms with Crippen LogP contribution in [-0.2, 0) is 0 Å². The molecule has 1 aliphatic carbocycles. The lowest BCUT2D eigenvalue weighted by molar-refractivity contribution is 1.04. The number of allylic oxidation sites excluding steroid dienone is 3. The molecule has 0 N–H and O–H groups in total. The molecule has 1 fully saturated rings. The minimum atomic E-state index is 0.260. The molecule has 1 aliphatic rings. The van der Waals surface area contributed by atoms with Gasteiger partial charge in [0.1, 0.15) is 17.7 Å². The summed E-state index contributed by atoms with van der Waals surface area (Å²) in [5.74, 6) is 0.422. The number of thiophene rings is 1. The van der Waals surface area contributed by atoms with Crippen LogP contribution in [-0.4, -0.2) is 0 Å². The van der Waals surface area contributed by atoms with Crippen LogP contribution >= 0.6 is 11.3 Å². The van der Waals surface area contributed by atoms with Crippen LogP contribution in [0.3, 0.4) is 0 Å². The third-order valence-corrected chi connectivity index (χ3v) is 3.34. The first-order valence-electron chi connectivity index (χ1n) is 5.11. The van der Waals surface area contributed by atoms with Crippen molar-refractivity contribution >= 4 is 17.4 Å². The summed E-state index contributed by atoms with van der Waals surface area (Å²) in [6.45, 7) is 0. The van der Waals surface area contributed by atoms with Crippen LogP contribution in [0.4, 0.5) is 0 Å². The zero-order valence-corrected chi connectivity index (χ0v) is 9.50. The van der Waals surface area contributed by atoms with E-state index in [4.69, 9.17) is 10.5 Å². The summed E-state index contributed by atoms with van der Waals surface area (Å²) in [6.07, 6.45) is 6.09. The second kappa shape index (κ2) is 4.79. The number of rotatable bonds is 3. The Balaban J connectivity index is 2.26. The molecule has 2 nitrogen and oxygen atoms in total. The van der Waals surface area contributed by atoms with E-state index < -0.39 is 0 Å². The van der Waals surface area contributed by atoms with E-state index in [1.165, 1.54) is 0 Å². The maximum atomic E-state index is 8.87. The maximum absolute atomic E-state index is 8.87. The van der Waals surface area contributed by atoms with Gasteiger partial charge in [-0.15, -0.1) is 11.3 Å². The quantitative estimate of drug-likeness (QED) is 0.585. The summed E-state index contributed by atoms with van der Waals surface area (Å²) in [6, 6.07) is 7.95. The van der Waals surface area contributed by atoms with Gasteiger partial charge in [-0.2, -0.15) is 10.5 Å².